The molecule has 3 aromatic rings. The van der Waals surface area contributed by atoms with E-state index in [2.05, 4.69) is 0 Å². The Labute approximate surface area is 179 Å². The maximum Gasteiger partial charge on any atom is 0.349 e. The van der Waals surface area contributed by atoms with Gasteiger partial charge in [-0.2, -0.15) is 5.26 Å². The maximum absolute atomic E-state index is 12.0. The molecule has 0 spiro atoms. The number of ether oxygens (including phenoxy) is 4. The molecule has 0 aromatic heterocycles. The van der Waals surface area contributed by atoms with E-state index in [0.717, 1.165) is 11.1 Å². The van der Waals surface area contributed by atoms with Crippen LogP contribution in [0.4, 0.5) is 0 Å². The van der Waals surface area contributed by atoms with Crippen molar-refractivity contribution in [2.24, 2.45) is 0 Å². The van der Waals surface area contributed by atoms with Crippen LogP contribution in [0.2, 0.25) is 0 Å². The third-order valence-corrected chi connectivity index (χ3v) is 4.85. The molecule has 1 unspecified atom stereocenters. The van der Waals surface area contributed by atoms with Crippen molar-refractivity contribution in [1.29, 1.82) is 5.26 Å². The Morgan fingerprint density at radius 2 is 1.94 bits per heavy atom. The van der Waals surface area contributed by atoms with E-state index in [0.29, 0.717) is 22.8 Å². The summed E-state index contributed by atoms with van der Waals surface area (Å²) in [6, 6.07) is 19.3. The average molecular weight is 417 g/mol. The number of nitrogens with zero attached hydrogens (tertiary/aromatic N) is 1. The van der Waals surface area contributed by atoms with Crippen molar-refractivity contribution >= 4 is 5.97 Å². The lowest BCUT2D eigenvalue weighted by atomic mass is 10.0. The standard InChI is InChI=1S/C24H19NO6/c1-15-6-8-18(28-13-16-7-9-21-22(10-16)30-14-29-21)11-19(15)23(24(26)27)31-20-5-3-2-4-17(20)12-25/h2-11,23H,13-14H2,1H3,(H,26,27). The molecule has 3 aromatic carbocycles. The predicted octanol–water partition coefficient (Wildman–Crippen LogP) is 4.38. The Hall–Kier alpha value is -4.18. The summed E-state index contributed by atoms with van der Waals surface area (Å²) in [5.74, 6) is 0.913. The Morgan fingerprint density at radius 1 is 1.13 bits per heavy atom. The van der Waals surface area contributed by atoms with Crippen LogP contribution in [-0.2, 0) is 11.4 Å². The summed E-state index contributed by atoms with van der Waals surface area (Å²) in [6.45, 7) is 2.27. The molecule has 0 fully saturated rings. The van der Waals surface area contributed by atoms with Gasteiger partial charge in [-0.3, -0.25) is 0 Å². The van der Waals surface area contributed by atoms with E-state index in [1.807, 2.05) is 24.3 Å². The van der Waals surface area contributed by atoms with Crippen LogP contribution in [0.25, 0.3) is 0 Å². The van der Waals surface area contributed by atoms with Gasteiger partial charge < -0.3 is 24.1 Å². The number of hydrogen-bond acceptors (Lipinski definition) is 6. The minimum atomic E-state index is -1.29. The van der Waals surface area contributed by atoms with Crippen LogP contribution in [-0.4, -0.2) is 17.9 Å². The molecule has 31 heavy (non-hydrogen) atoms. The number of carboxylic acids is 1. The Morgan fingerprint density at radius 3 is 2.74 bits per heavy atom. The van der Waals surface area contributed by atoms with Crippen LogP contribution in [0.3, 0.4) is 0 Å². The fraction of sp³-hybridized carbons (Fsp3) is 0.167. The SMILES string of the molecule is Cc1ccc(OCc2ccc3c(c2)OCO3)cc1C(Oc1ccccc1C#N)C(=O)O. The second-order valence-corrected chi connectivity index (χ2v) is 6.94. The first-order valence-electron chi connectivity index (χ1n) is 9.55. The minimum Gasteiger partial charge on any atom is -0.489 e. The van der Waals surface area contributed by atoms with Gasteiger partial charge in [-0.25, -0.2) is 4.79 Å². The average Bonchev–Trinajstić information content (AvgIpc) is 3.25. The van der Waals surface area contributed by atoms with E-state index in [1.54, 1.807) is 49.4 Å². The first-order valence-corrected chi connectivity index (χ1v) is 9.55. The molecule has 0 aliphatic carbocycles. The molecule has 0 saturated heterocycles. The summed E-state index contributed by atoms with van der Waals surface area (Å²) in [5, 5.41) is 19.1. The van der Waals surface area contributed by atoms with Gasteiger partial charge in [0.25, 0.3) is 0 Å². The number of carbonyl (C=O) groups is 1. The molecule has 1 heterocycles. The van der Waals surface area contributed by atoms with Gasteiger partial charge in [0.1, 0.15) is 24.2 Å². The summed E-state index contributed by atoms with van der Waals surface area (Å²) < 4.78 is 22.3. The smallest absolute Gasteiger partial charge is 0.349 e. The fourth-order valence-corrected chi connectivity index (χ4v) is 3.22. The van der Waals surface area contributed by atoms with Gasteiger partial charge in [0.05, 0.1) is 5.56 Å². The highest BCUT2D eigenvalue weighted by atomic mass is 16.7. The number of hydrogen-bond donors (Lipinski definition) is 1. The lowest BCUT2D eigenvalue weighted by Gasteiger charge is -2.19. The van der Waals surface area contributed by atoms with E-state index in [-0.39, 0.29) is 24.7 Å². The maximum atomic E-state index is 12.0. The van der Waals surface area contributed by atoms with E-state index < -0.39 is 12.1 Å². The Balaban J connectivity index is 1.55. The van der Waals surface area contributed by atoms with Crippen LogP contribution in [0, 0.1) is 18.3 Å². The van der Waals surface area contributed by atoms with Gasteiger partial charge in [-0.15, -0.1) is 0 Å². The van der Waals surface area contributed by atoms with Crippen LogP contribution in [0.5, 0.6) is 23.0 Å². The summed E-state index contributed by atoms with van der Waals surface area (Å²) in [5.41, 5.74) is 2.34. The molecule has 0 bridgehead atoms. The van der Waals surface area contributed by atoms with Crippen molar-refractivity contribution < 1.29 is 28.8 Å². The quantitative estimate of drug-likeness (QED) is 0.609. The third kappa shape index (κ3) is 4.38. The van der Waals surface area contributed by atoms with Crippen LogP contribution < -0.4 is 18.9 Å². The topological polar surface area (TPSA) is 98.0 Å². The molecule has 4 rings (SSSR count). The number of rotatable bonds is 7. The second kappa shape index (κ2) is 8.67. The lowest BCUT2D eigenvalue weighted by molar-refractivity contribution is -0.145. The lowest BCUT2D eigenvalue weighted by Crippen LogP contribution is -2.19. The zero-order chi connectivity index (χ0) is 21.8. The van der Waals surface area contributed by atoms with Crippen molar-refractivity contribution in [2.45, 2.75) is 19.6 Å². The molecule has 0 saturated carbocycles. The number of nitriles is 1. The minimum absolute atomic E-state index is 0.201. The number of fused-ring (bicyclic) bond motifs is 1. The molecule has 1 atom stereocenters. The zero-order valence-electron chi connectivity index (χ0n) is 16.7. The van der Waals surface area contributed by atoms with Crippen molar-refractivity contribution in [3.63, 3.8) is 0 Å². The first-order chi connectivity index (χ1) is 15.0. The number of carboxylic acid groups (broad SMARTS) is 1. The first kappa shape index (κ1) is 20.1. The zero-order valence-corrected chi connectivity index (χ0v) is 16.7. The normalized spacial score (nSPS) is 12.6. The summed E-state index contributed by atoms with van der Waals surface area (Å²) in [7, 11) is 0. The fourth-order valence-electron chi connectivity index (χ4n) is 3.22. The molecular formula is C24H19NO6. The highest BCUT2D eigenvalue weighted by molar-refractivity contribution is 5.76. The Kier molecular flexibility index (Phi) is 5.63. The highest BCUT2D eigenvalue weighted by Crippen LogP contribution is 2.33. The Bertz CT molecular complexity index is 1170. The molecule has 1 aliphatic heterocycles. The number of para-hydroxylation sites is 1. The summed E-state index contributed by atoms with van der Waals surface area (Å²) in [6.07, 6.45) is -1.29. The van der Waals surface area contributed by atoms with E-state index in [4.69, 9.17) is 18.9 Å². The summed E-state index contributed by atoms with van der Waals surface area (Å²) >= 11 is 0. The largest absolute Gasteiger partial charge is 0.489 e. The van der Waals surface area contributed by atoms with Crippen molar-refractivity contribution in [2.75, 3.05) is 6.79 Å². The van der Waals surface area contributed by atoms with Gasteiger partial charge >= 0.3 is 5.97 Å². The van der Waals surface area contributed by atoms with E-state index in [1.165, 1.54) is 0 Å². The predicted molar refractivity (Wildman–Crippen MR) is 110 cm³/mol. The molecule has 1 N–H and O–H groups in total. The molecular weight excluding hydrogens is 398 g/mol. The number of aliphatic carboxylic acids is 1. The van der Waals surface area contributed by atoms with E-state index >= 15 is 0 Å². The van der Waals surface area contributed by atoms with Crippen molar-refractivity contribution in [3.8, 4) is 29.1 Å². The van der Waals surface area contributed by atoms with Gasteiger partial charge in [0.2, 0.25) is 12.9 Å². The molecule has 0 radical (unpaired) electrons. The van der Waals surface area contributed by atoms with Crippen LogP contribution >= 0.6 is 0 Å². The van der Waals surface area contributed by atoms with Crippen LogP contribution in [0.1, 0.15) is 28.4 Å². The van der Waals surface area contributed by atoms with Crippen LogP contribution in [0.15, 0.2) is 60.7 Å². The van der Waals surface area contributed by atoms with Crippen molar-refractivity contribution in [3.05, 3.63) is 82.9 Å². The van der Waals surface area contributed by atoms with Gasteiger partial charge in [0.15, 0.2) is 11.5 Å². The van der Waals surface area contributed by atoms with E-state index in [9.17, 15) is 15.2 Å². The molecule has 7 nitrogen and oxygen atoms in total. The molecule has 156 valence electrons. The van der Waals surface area contributed by atoms with Gasteiger partial charge in [-0.1, -0.05) is 24.3 Å². The number of benzene rings is 3. The highest BCUT2D eigenvalue weighted by Gasteiger charge is 2.25. The molecule has 1 aliphatic rings. The summed E-state index contributed by atoms with van der Waals surface area (Å²) in [4.78, 5) is 12.0. The second-order valence-electron chi connectivity index (χ2n) is 6.94. The molecule has 0 amide bonds. The molecule has 7 heteroatoms. The van der Waals surface area contributed by atoms with Gasteiger partial charge in [0, 0.05) is 5.56 Å². The third-order valence-electron chi connectivity index (χ3n) is 4.85. The van der Waals surface area contributed by atoms with Gasteiger partial charge in [-0.05, 0) is 54.4 Å². The monoisotopic (exact) mass is 417 g/mol. The van der Waals surface area contributed by atoms with Crippen molar-refractivity contribution in [1.82, 2.24) is 0 Å². The number of aryl methyl sites for hydroxylation is 1.